The minimum Gasteiger partial charge on any atom is -0.467 e. The van der Waals surface area contributed by atoms with Crippen LogP contribution in [0, 0.1) is 0 Å². The summed E-state index contributed by atoms with van der Waals surface area (Å²) < 4.78 is 13.0. The molecule has 5 nitrogen and oxygen atoms in total. The van der Waals surface area contributed by atoms with Crippen molar-refractivity contribution in [2.75, 3.05) is 13.2 Å². The Morgan fingerprint density at radius 2 is 2.12 bits per heavy atom. The first-order valence-electron chi connectivity index (χ1n) is 9.35. The van der Waals surface area contributed by atoms with Gasteiger partial charge in [-0.2, -0.15) is 0 Å². The van der Waals surface area contributed by atoms with E-state index in [1.807, 2.05) is 12.1 Å². The summed E-state index contributed by atoms with van der Waals surface area (Å²) in [6.07, 6.45) is 9.60. The molecule has 1 aliphatic carbocycles. The minimum absolute atomic E-state index is 0.330. The van der Waals surface area contributed by atoms with Crippen molar-refractivity contribution in [3.8, 4) is 0 Å². The van der Waals surface area contributed by atoms with Crippen LogP contribution in [0.1, 0.15) is 43.6 Å². The lowest BCUT2D eigenvalue weighted by atomic mass is 9.94. The summed E-state index contributed by atoms with van der Waals surface area (Å²) in [5.41, 5.74) is 1.29. The van der Waals surface area contributed by atoms with Crippen molar-refractivity contribution >= 4 is 0 Å². The van der Waals surface area contributed by atoms with Crippen LogP contribution < -0.4 is 0 Å². The molecule has 2 aromatic heterocycles. The van der Waals surface area contributed by atoms with E-state index in [0.717, 1.165) is 12.3 Å². The van der Waals surface area contributed by atoms with Crippen LogP contribution in [0.2, 0.25) is 0 Å². The molecular formula is C20H30N2O3. The van der Waals surface area contributed by atoms with Gasteiger partial charge < -0.3 is 18.8 Å². The van der Waals surface area contributed by atoms with Crippen LogP contribution in [-0.4, -0.2) is 39.9 Å². The first-order valence-corrected chi connectivity index (χ1v) is 9.35. The SMILES string of the molecule is Cn1cccc1CN(CC(O)COCc1ccco1)C1CCCCC1. The van der Waals surface area contributed by atoms with Crippen molar-refractivity contribution in [2.24, 2.45) is 7.05 Å². The normalized spacial score (nSPS) is 17.2. The van der Waals surface area contributed by atoms with Gasteiger partial charge in [0.25, 0.3) is 0 Å². The maximum Gasteiger partial charge on any atom is 0.129 e. The molecule has 25 heavy (non-hydrogen) atoms. The number of nitrogens with zero attached hydrogens (tertiary/aromatic N) is 2. The predicted molar refractivity (Wildman–Crippen MR) is 97.1 cm³/mol. The molecule has 0 bridgehead atoms. The van der Waals surface area contributed by atoms with Crippen molar-refractivity contribution in [1.82, 2.24) is 9.47 Å². The molecule has 1 aliphatic rings. The number of rotatable bonds is 9. The molecule has 5 heteroatoms. The summed E-state index contributed by atoms with van der Waals surface area (Å²) in [5, 5.41) is 10.5. The second kappa shape index (κ2) is 9.22. The third-order valence-electron chi connectivity index (χ3n) is 5.09. The summed E-state index contributed by atoms with van der Waals surface area (Å²) >= 11 is 0. The number of hydrogen-bond donors (Lipinski definition) is 1. The van der Waals surface area contributed by atoms with Gasteiger partial charge in [0.1, 0.15) is 12.4 Å². The smallest absolute Gasteiger partial charge is 0.129 e. The van der Waals surface area contributed by atoms with Crippen LogP contribution in [0.25, 0.3) is 0 Å². The van der Waals surface area contributed by atoms with E-state index in [1.54, 1.807) is 6.26 Å². The lowest BCUT2D eigenvalue weighted by molar-refractivity contribution is -0.00755. The van der Waals surface area contributed by atoms with Gasteiger partial charge in [-0.1, -0.05) is 19.3 Å². The van der Waals surface area contributed by atoms with Crippen LogP contribution in [0.4, 0.5) is 0 Å². The maximum absolute atomic E-state index is 10.5. The summed E-state index contributed by atoms with van der Waals surface area (Å²) in [5.74, 6) is 0.792. The van der Waals surface area contributed by atoms with Crippen LogP contribution in [0.15, 0.2) is 41.1 Å². The summed E-state index contributed by atoms with van der Waals surface area (Å²) in [4.78, 5) is 2.44. The molecular weight excluding hydrogens is 316 g/mol. The lowest BCUT2D eigenvalue weighted by Gasteiger charge is -2.35. The Morgan fingerprint density at radius 3 is 2.80 bits per heavy atom. The molecule has 0 spiro atoms. The van der Waals surface area contributed by atoms with Gasteiger partial charge in [0, 0.05) is 38.1 Å². The number of aliphatic hydroxyl groups excluding tert-OH is 1. The first kappa shape index (κ1) is 18.2. The number of furan rings is 1. The van der Waals surface area contributed by atoms with Crippen LogP contribution in [0.5, 0.6) is 0 Å². The molecule has 1 N–H and O–H groups in total. The second-order valence-electron chi connectivity index (χ2n) is 7.08. The Hall–Kier alpha value is -1.56. The van der Waals surface area contributed by atoms with E-state index in [2.05, 4.69) is 34.8 Å². The Kier molecular flexibility index (Phi) is 6.73. The quantitative estimate of drug-likeness (QED) is 0.757. The van der Waals surface area contributed by atoms with Gasteiger partial charge in [-0.15, -0.1) is 0 Å². The van der Waals surface area contributed by atoms with Crippen molar-refractivity contribution in [3.05, 3.63) is 48.2 Å². The first-order chi connectivity index (χ1) is 12.2. The van der Waals surface area contributed by atoms with E-state index in [1.165, 1.54) is 37.8 Å². The van der Waals surface area contributed by atoms with E-state index in [9.17, 15) is 5.11 Å². The molecule has 1 saturated carbocycles. The lowest BCUT2D eigenvalue weighted by Crippen LogP contribution is -2.42. The molecule has 2 heterocycles. The van der Waals surface area contributed by atoms with Crippen molar-refractivity contribution < 1.29 is 14.3 Å². The molecule has 0 aromatic carbocycles. The van der Waals surface area contributed by atoms with Gasteiger partial charge in [0.15, 0.2) is 0 Å². The average molecular weight is 346 g/mol. The molecule has 3 rings (SSSR count). The topological polar surface area (TPSA) is 50.8 Å². The highest BCUT2D eigenvalue weighted by Crippen LogP contribution is 2.24. The fourth-order valence-electron chi connectivity index (χ4n) is 3.67. The molecule has 0 amide bonds. The maximum atomic E-state index is 10.5. The van der Waals surface area contributed by atoms with Crippen molar-refractivity contribution in [3.63, 3.8) is 0 Å². The largest absolute Gasteiger partial charge is 0.467 e. The Labute approximate surface area is 150 Å². The third kappa shape index (κ3) is 5.46. The highest BCUT2D eigenvalue weighted by molar-refractivity contribution is 5.06. The molecule has 138 valence electrons. The third-order valence-corrected chi connectivity index (χ3v) is 5.09. The monoisotopic (exact) mass is 346 g/mol. The Balaban J connectivity index is 1.53. The summed E-state index contributed by atoms with van der Waals surface area (Å²) in [7, 11) is 2.08. The number of aryl methyl sites for hydroxylation is 1. The standard InChI is InChI=1S/C20H30N2O3/c1-21-11-5-9-18(21)13-22(17-7-3-2-4-8-17)14-19(23)15-24-16-20-10-6-12-25-20/h5-6,9-12,17,19,23H,2-4,7-8,13-16H2,1H3. The van der Waals surface area contributed by atoms with Gasteiger partial charge in [-0.25, -0.2) is 0 Å². The van der Waals surface area contributed by atoms with E-state index in [0.29, 0.717) is 25.8 Å². The van der Waals surface area contributed by atoms with Crippen molar-refractivity contribution in [1.29, 1.82) is 0 Å². The molecule has 0 radical (unpaired) electrons. The predicted octanol–water partition coefficient (Wildman–Crippen LogP) is 3.33. The van der Waals surface area contributed by atoms with Crippen LogP contribution in [0.3, 0.4) is 0 Å². The zero-order valence-electron chi connectivity index (χ0n) is 15.1. The highest BCUT2D eigenvalue weighted by Gasteiger charge is 2.24. The van der Waals surface area contributed by atoms with Gasteiger partial charge >= 0.3 is 0 Å². The molecule has 1 atom stereocenters. The minimum atomic E-state index is -0.489. The summed E-state index contributed by atoms with van der Waals surface area (Å²) in [6.45, 7) is 2.26. The molecule has 1 fully saturated rings. The Morgan fingerprint density at radius 1 is 1.28 bits per heavy atom. The van der Waals surface area contributed by atoms with Crippen molar-refractivity contribution in [2.45, 2.75) is 57.4 Å². The fraction of sp³-hybridized carbons (Fsp3) is 0.600. The van der Waals surface area contributed by atoms with E-state index >= 15 is 0 Å². The Bertz CT molecular complexity index is 602. The van der Waals surface area contributed by atoms with Crippen LogP contribution in [-0.2, 0) is 24.9 Å². The van der Waals surface area contributed by atoms with E-state index < -0.39 is 6.10 Å². The zero-order chi connectivity index (χ0) is 17.5. The number of aromatic nitrogens is 1. The summed E-state index contributed by atoms with van der Waals surface area (Å²) in [6, 6.07) is 8.53. The zero-order valence-corrected chi connectivity index (χ0v) is 15.1. The fourth-order valence-corrected chi connectivity index (χ4v) is 3.67. The van der Waals surface area contributed by atoms with Gasteiger partial charge in [0.2, 0.25) is 0 Å². The number of ether oxygens (including phenoxy) is 1. The van der Waals surface area contributed by atoms with Gasteiger partial charge in [0.05, 0.1) is 19.0 Å². The molecule has 1 unspecified atom stereocenters. The number of aliphatic hydroxyl groups is 1. The second-order valence-corrected chi connectivity index (χ2v) is 7.08. The van der Waals surface area contributed by atoms with Gasteiger partial charge in [-0.3, -0.25) is 4.90 Å². The molecule has 2 aromatic rings. The average Bonchev–Trinajstić information content (AvgIpc) is 3.27. The highest BCUT2D eigenvalue weighted by atomic mass is 16.5. The number of hydrogen-bond acceptors (Lipinski definition) is 4. The molecule has 0 saturated heterocycles. The van der Waals surface area contributed by atoms with Gasteiger partial charge in [-0.05, 0) is 37.1 Å². The van der Waals surface area contributed by atoms with E-state index in [-0.39, 0.29) is 0 Å². The van der Waals surface area contributed by atoms with Crippen LogP contribution >= 0.6 is 0 Å². The van der Waals surface area contributed by atoms with E-state index in [4.69, 9.17) is 9.15 Å². The molecule has 0 aliphatic heterocycles.